The monoisotopic (exact) mass is 402 g/mol. The van der Waals surface area contributed by atoms with Crippen molar-refractivity contribution in [3.05, 3.63) is 65.7 Å². The van der Waals surface area contributed by atoms with E-state index < -0.39 is 0 Å². The van der Waals surface area contributed by atoms with Gasteiger partial charge in [-0.1, -0.05) is 6.08 Å². The fourth-order valence-corrected chi connectivity index (χ4v) is 3.88. The van der Waals surface area contributed by atoms with E-state index in [0.29, 0.717) is 6.10 Å². The standard InChI is InChI=1S/C25H26N2O3/c1-16-24(18-8-12-21(13-9-18)29-20-4-3-5-20)27-25(26-16)23-15-14-22(30-23)17-6-10-19(28-2)11-7-17/h6-8,10-12,14-15,20H,3-5,9,13H2,1-2H3,(H,26,27). The number of aromatic nitrogens is 2. The number of methoxy groups -OCH3 is 1. The van der Waals surface area contributed by atoms with Crippen LogP contribution in [0.3, 0.4) is 0 Å². The van der Waals surface area contributed by atoms with E-state index in [9.17, 15) is 0 Å². The molecule has 30 heavy (non-hydrogen) atoms. The summed E-state index contributed by atoms with van der Waals surface area (Å²) in [7, 11) is 1.66. The van der Waals surface area contributed by atoms with Gasteiger partial charge in [0.05, 0.1) is 24.7 Å². The van der Waals surface area contributed by atoms with Gasteiger partial charge in [-0.05, 0) is 80.7 Å². The molecule has 3 aromatic rings. The molecule has 0 unspecified atom stereocenters. The SMILES string of the molecule is COc1ccc(-c2ccc(-c3nc(C4=CC=C(OC5CCC5)CC4)c(C)[nH]3)o2)cc1. The van der Waals surface area contributed by atoms with Crippen LogP contribution in [0.5, 0.6) is 5.75 Å². The molecule has 0 bridgehead atoms. The maximum absolute atomic E-state index is 6.08. The van der Waals surface area contributed by atoms with Crippen molar-refractivity contribution in [2.24, 2.45) is 0 Å². The number of aromatic amines is 1. The number of benzene rings is 1. The second-order valence-electron chi connectivity index (χ2n) is 7.95. The number of nitrogens with one attached hydrogen (secondary N) is 1. The van der Waals surface area contributed by atoms with E-state index in [1.165, 1.54) is 24.8 Å². The van der Waals surface area contributed by atoms with Crippen LogP contribution in [-0.2, 0) is 4.74 Å². The van der Waals surface area contributed by atoms with Crippen molar-refractivity contribution in [1.82, 2.24) is 9.97 Å². The quantitative estimate of drug-likeness (QED) is 0.527. The number of allylic oxidation sites excluding steroid dienone is 4. The summed E-state index contributed by atoms with van der Waals surface area (Å²) in [6.07, 6.45) is 10.2. The van der Waals surface area contributed by atoms with Crippen molar-refractivity contribution in [2.75, 3.05) is 7.11 Å². The third-order valence-electron chi connectivity index (χ3n) is 5.88. The molecule has 0 atom stereocenters. The topological polar surface area (TPSA) is 60.3 Å². The summed E-state index contributed by atoms with van der Waals surface area (Å²) in [4.78, 5) is 8.23. The molecule has 2 aliphatic carbocycles. The van der Waals surface area contributed by atoms with Crippen LogP contribution in [-0.4, -0.2) is 23.2 Å². The maximum atomic E-state index is 6.08. The molecule has 1 fully saturated rings. The maximum Gasteiger partial charge on any atom is 0.174 e. The number of aryl methyl sites for hydroxylation is 1. The van der Waals surface area contributed by atoms with Gasteiger partial charge in [0.1, 0.15) is 11.5 Å². The molecule has 5 nitrogen and oxygen atoms in total. The van der Waals surface area contributed by atoms with Gasteiger partial charge in [-0.15, -0.1) is 0 Å². The van der Waals surface area contributed by atoms with Crippen LogP contribution in [0, 0.1) is 6.92 Å². The van der Waals surface area contributed by atoms with Crippen LogP contribution in [0.15, 0.2) is 58.7 Å². The van der Waals surface area contributed by atoms with Crippen LogP contribution < -0.4 is 4.74 Å². The van der Waals surface area contributed by atoms with E-state index in [2.05, 4.69) is 24.1 Å². The molecule has 5 rings (SSSR count). The van der Waals surface area contributed by atoms with Crippen LogP contribution in [0.1, 0.15) is 43.5 Å². The lowest BCUT2D eigenvalue weighted by atomic mass is 9.95. The van der Waals surface area contributed by atoms with Gasteiger partial charge in [-0.2, -0.15) is 0 Å². The first-order valence-corrected chi connectivity index (χ1v) is 10.6. The van der Waals surface area contributed by atoms with E-state index >= 15 is 0 Å². The van der Waals surface area contributed by atoms with E-state index in [1.807, 2.05) is 36.4 Å². The molecule has 2 aromatic heterocycles. The predicted molar refractivity (Wildman–Crippen MR) is 117 cm³/mol. The molecule has 2 aliphatic rings. The van der Waals surface area contributed by atoms with E-state index in [1.54, 1.807) is 7.11 Å². The highest BCUT2D eigenvalue weighted by Gasteiger charge is 2.22. The molecule has 5 heteroatoms. The van der Waals surface area contributed by atoms with Gasteiger partial charge in [-0.3, -0.25) is 0 Å². The Balaban J connectivity index is 1.35. The summed E-state index contributed by atoms with van der Waals surface area (Å²) >= 11 is 0. The van der Waals surface area contributed by atoms with E-state index in [-0.39, 0.29) is 0 Å². The van der Waals surface area contributed by atoms with Gasteiger partial charge in [0.25, 0.3) is 0 Å². The zero-order valence-corrected chi connectivity index (χ0v) is 17.4. The first kappa shape index (κ1) is 18.8. The number of H-pyrrole nitrogens is 1. The van der Waals surface area contributed by atoms with Crippen molar-refractivity contribution in [3.8, 4) is 28.7 Å². The van der Waals surface area contributed by atoms with Crippen molar-refractivity contribution >= 4 is 5.57 Å². The predicted octanol–water partition coefficient (Wildman–Crippen LogP) is 6.28. The zero-order chi connectivity index (χ0) is 20.5. The molecule has 0 aliphatic heterocycles. The van der Waals surface area contributed by atoms with Gasteiger partial charge in [0, 0.05) is 17.7 Å². The number of hydrogen-bond acceptors (Lipinski definition) is 4. The molecule has 0 spiro atoms. The molecule has 1 saturated carbocycles. The molecule has 0 amide bonds. The third-order valence-corrected chi connectivity index (χ3v) is 5.88. The highest BCUT2D eigenvalue weighted by Crippen LogP contribution is 2.34. The number of furan rings is 1. The van der Waals surface area contributed by atoms with Crippen molar-refractivity contribution in [1.29, 1.82) is 0 Å². The summed E-state index contributed by atoms with van der Waals surface area (Å²) in [5, 5.41) is 0. The highest BCUT2D eigenvalue weighted by atomic mass is 16.5. The number of imidazole rings is 1. The van der Waals surface area contributed by atoms with E-state index in [0.717, 1.165) is 58.6 Å². The molecule has 1 N–H and O–H groups in total. The second kappa shape index (κ2) is 7.90. The largest absolute Gasteiger partial charge is 0.497 e. The third kappa shape index (κ3) is 3.67. The zero-order valence-electron chi connectivity index (χ0n) is 17.4. The molecular weight excluding hydrogens is 376 g/mol. The fourth-order valence-electron chi connectivity index (χ4n) is 3.88. The van der Waals surface area contributed by atoms with Crippen molar-refractivity contribution < 1.29 is 13.9 Å². The molecule has 2 heterocycles. The molecule has 154 valence electrons. The number of rotatable bonds is 6. The first-order valence-electron chi connectivity index (χ1n) is 10.6. The Hall–Kier alpha value is -3.21. The minimum absolute atomic E-state index is 0.434. The number of hydrogen-bond donors (Lipinski definition) is 1. The molecule has 0 saturated heterocycles. The Bertz CT molecular complexity index is 1100. The lowest BCUT2D eigenvalue weighted by Crippen LogP contribution is -2.21. The Labute approximate surface area is 176 Å². The highest BCUT2D eigenvalue weighted by molar-refractivity contribution is 5.70. The Morgan fingerprint density at radius 2 is 1.80 bits per heavy atom. The minimum atomic E-state index is 0.434. The van der Waals surface area contributed by atoms with Gasteiger partial charge in [0.15, 0.2) is 11.6 Å². The Morgan fingerprint density at radius 3 is 2.47 bits per heavy atom. The summed E-state index contributed by atoms with van der Waals surface area (Å²) in [6, 6.07) is 11.8. The second-order valence-corrected chi connectivity index (χ2v) is 7.95. The summed E-state index contributed by atoms with van der Waals surface area (Å²) in [5.41, 5.74) is 4.30. The molecular formula is C25H26N2O3. The van der Waals surface area contributed by atoms with Crippen molar-refractivity contribution in [2.45, 2.75) is 45.1 Å². The van der Waals surface area contributed by atoms with Crippen LogP contribution >= 0.6 is 0 Å². The normalized spacial score (nSPS) is 16.6. The Kier molecular flexibility index (Phi) is 4.95. The first-order chi connectivity index (χ1) is 14.7. The van der Waals surface area contributed by atoms with Gasteiger partial charge >= 0.3 is 0 Å². The van der Waals surface area contributed by atoms with Crippen LogP contribution in [0.4, 0.5) is 0 Å². The number of nitrogens with zero attached hydrogens (tertiary/aromatic N) is 1. The van der Waals surface area contributed by atoms with Crippen LogP contribution in [0.2, 0.25) is 0 Å². The minimum Gasteiger partial charge on any atom is -0.497 e. The lowest BCUT2D eigenvalue weighted by Gasteiger charge is -2.28. The average molecular weight is 402 g/mol. The summed E-state index contributed by atoms with van der Waals surface area (Å²) in [6.45, 7) is 2.06. The van der Waals surface area contributed by atoms with Crippen molar-refractivity contribution in [3.63, 3.8) is 0 Å². The van der Waals surface area contributed by atoms with Gasteiger partial charge in [-0.25, -0.2) is 4.98 Å². The summed E-state index contributed by atoms with van der Waals surface area (Å²) in [5.74, 6) is 4.22. The van der Waals surface area contributed by atoms with Crippen LogP contribution in [0.25, 0.3) is 28.5 Å². The lowest BCUT2D eigenvalue weighted by molar-refractivity contribution is 0.0476. The summed E-state index contributed by atoms with van der Waals surface area (Å²) < 4.78 is 17.3. The average Bonchev–Trinajstić information content (AvgIpc) is 3.38. The molecule has 1 aromatic carbocycles. The number of ether oxygens (including phenoxy) is 2. The van der Waals surface area contributed by atoms with E-state index in [4.69, 9.17) is 18.9 Å². The molecule has 0 radical (unpaired) electrons. The van der Waals surface area contributed by atoms with Gasteiger partial charge in [0.2, 0.25) is 0 Å². The Morgan fingerprint density at radius 1 is 1.00 bits per heavy atom. The fraction of sp³-hybridized carbons (Fsp3) is 0.320. The van der Waals surface area contributed by atoms with Gasteiger partial charge < -0.3 is 18.9 Å². The smallest absolute Gasteiger partial charge is 0.174 e.